The molecule has 0 atom stereocenters. The number of aryl methyl sites for hydroxylation is 2. The predicted octanol–water partition coefficient (Wildman–Crippen LogP) is 3.31. The van der Waals surface area contributed by atoms with E-state index in [1.165, 1.54) is 6.08 Å². The molecule has 4 aromatic rings. The maximum atomic E-state index is 12.2. The van der Waals surface area contributed by atoms with Gasteiger partial charge in [-0.3, -0.25) is 9.48 Å². The molecule has 1 amide bonds. The number of hydrogen-bond acceptors (Lipinski definition) is 8. The van der Waals surface area contributed by atoms with Crippen molar-refractivity contribution in [3.8, 4) is 17.0 Å². The van der Waals surface area contributed by atoms with E-state index in [9.17, 15) is 4.79 Å². The molecule has 1 aromatic carbocycles. The van der Waals surface area contributed by atoms with Crippen molar-refractivity contribution in [1.29, 1.82) is 0 Å². The fourth-order valence-electron chi connectivity index (χ4n) is 4.04. The summed E-state index contributed by atoms with van der Waals surface area (Å²) in [7, 11) is 9.51. The molecule has 0 fully saturated rings. The smallest absolute Gasteiger partial charge is 0.247 e. The highest BCUT2D eigenvalue weighted by Crippen LogP contribution is 2.38. The average molecular weight is 504 g/mol. The fourth-order valence-corrected chi connectivity index (χ4v) is 4.04. The molecule has 0 unspecified atom stereocenters. The van der Waals surface area contributed by atoms with Crippen LogP contribution in [-0.2, 0) is 11.8 Å². The van der Waals surface area contributed by atoms with Crippen LogP contribution in [0.5, 0.6) is 5.75 Å². The number of rotatable bonds is 10. The first-order valence-corrected chi connectivity index (χ1v) is 11.8. The number of benzene rings is 1. The van der Waals surface area contributed by atoms with Gasteiger partial charge in [0.1, 0.15) is 5.75 Å². The summed E-state index contributed by atoms with van der Waals surface area (Å²) < 4.78 is 9.31. The van der Waals surface area contributed by atoms with Crippen LogP contribution < -0.4 is 20.3 Å². The zero-order chi connectivity index (χ0) is 26.7. The number of amides is 1. The van der Waals surface area contributed by atoms with Crippen molar-refractivity contribution in [2.45, 2.75) is 6.92 Å². The van der Waals surface area contributed by atoms with Crippen LogP contribution in [0.2, 0.25) is 0 Å². The van der Waals surface area contributed by atoms with Crippen molar-refractivity contribution in [2.24, 2.45) is 7.05 Å². The van der Waals surface area contributed by atoms with E-state index in [4.69, 9.17) is 9.84 Å². The lowest BCUT2D eigenvalue weighted by Gasteiger charge is -2.25. The molecule has 0 bridgehead atoms. The zero-order valence-corrected chi connectivity index (χ0v) is 22.1. The largest absolute Gasteiger partial charge is 0.494 e. The fraction of sp³-hybridized carbons (Fsp3) is 0.308. The molecule has 0 saturated carbocycles. The van der Waals surface area contributed by atoms with E-state index in [-0.39, 0.29) is 5.91 Å². The maximum absolute atomic E-state index is 12.2. The maximum Gasteiger partial charge on any atom is 0.247 e. The second kappa shape index (κ2) is 10.7. The van der Waals surface area contributed by atoms with E-state index in [1.807, 2.05) is 70.1 Å². The van der Waals surface area contributed by atoms with Crippen molar-refractivity contribution in [2.75, 3.05) is 56.9 Å². The number of aromatic nitrogens is 5. The van der Waals surface area contributed by atoms with Crippen molar-refractivity contribution >= 4 is 34.4 Å². The van der Waals surface area contributed by atoms with Gasteiger partial charge in [0.05, 0.1) is 47.3 Å². The molecule has 4 rings (SSSR count). The van der Waals surface area contributed by atoms with Crippen molar-refractivity contribution < 1.29 is 9.53 Å². The first-order chi connectivity index (χ1) is 17.7. The molecule has 3 heterocycles. The van der Waals surface area contributed by atoms with Crippen molar-refractivity contribution in [1.82, 2.24) is 29.3 Å². The third-order valence-corrected chi connectivity index (χ3v) is 5.99. The van der Waals surface area contributed by atoms with Crippen LogP contribution >= 0.6 is 0 Å². The van der Waals surface area contributed by atoms with Gasteiger partial charge in [-0.1, -0.05) is 6.58 Å². The van der Waals surface area contributed by atoms with E-state index in [2.05, 4.69) is 37.1 Å². The molecule has 0 saturated heterocycles. The molecule has 0 aliphatic carbocycles. The standard InChI is InChI=1S/C26H33N9O2/c1-8-25(36)28-20-13-21(24(37-7)14-23(20)33(5)12-11-32(3)4)29-26-27-15-18-9-10-22(35(18)31-26)19-16-34(6)30-17(19)2/h8-10,13-16H,1,11-12H2,2-7H3,(H,28,36)(H,29,31). The molecule has 0 spiro atoms. The second-order valence-corrected chi connectivity index (χ2v) is 9.05. The summed E-state index contributed by atoms with van der Waals surface area (Å²) in [4.78, 5) is 20.9. The van der Waals surface area contributed by atoms with Gasteiger partial charge in [-0.05, 0) is 45.3 Å². The molecule has 3 aromatic heterocycles. The molecular weight excluding hydrogens is 470 g/mol. The minimum atomic E-state index is -0.306. The van der Waals surface area contributed by atoms with E-state index in [0.29, 0.717) is 23.1 Å². The van der Waals surface area contributed by atoms with Crippen LogP contribution in [0.3, 0.4) is 0 Å². The second-order valence-electron chi connectivity index (χ2n) is 9.05. The van der Waals surface area contributed by atoms with Gasteiger partial charge in [0.25, 0.3) is 0 Å². The third kappa shape index (κ3) is 5.56. The summed E-state index contributed by atoms with van der Waals surface area (Å²) in [5, 5.41) is 15.3. The highest BCUT2D eigenvalue weighted by atomic mass is 16.5. The van der Waals surface area contributed by atoms with Crippen molar-refractivity contribution in [3.63, 3.8) is 0 Å². The minimum Gasteiger partial charge on any atom is -0.494 e. The average Bonchev–Trinajstić information content (AvgIpc) is 3.43. The molecule has 0 aliphatic rings. The van der Waals surface area contributed by atoms with Crippen LogP contribution in [0.25, 0.3) is 16.8 Å². The van der Waals surface area contributed by atoms with Gasteiger partial charge in [0, 0.05) is 45.0 Å². The van der Waals surface area contributed by atoms with Crippen LogP contribution in [0.4, 0.5) is 23.0 Å². The number of nitrogens with one attached hydrogen (secondary N) is 2. The molecule has 0 aliphatic heterocycles. The quantitative estimate of drug-likeness (QED) is 0.318. The number of ether oxygens (including phenoxy) is 1. The lowest BCUT2D eigenvalue weighted by Crippen LogP contribution is -2.29. The number of likely N-dealkylation sites (N-methyl/N-ethyl adjacent to an activating group) is 2. The van der Waals surface area contributed by atoms with Gasteiger partial charge in [0.15, 0.2) is 0 Å². The number of anilines is 4. The summed E-state index contributed by atoms with van der Waals surface area (Å²) in [6.07, 6.45) is 4.96. The van der Waals surface area contributed by atoms with Gasteiger partial charge in [0.2, 0.25) is 11.9 Å². The number of carbonyl (C=O) groups excluding carboxylic acids is 1. The van der Waals surface area contributed by atoms with Crippen molar-refractivity contribution in [3.05, 3.63) is 55.0 Å². The minimum absolute atomic E-state index is 0.306. The molecule has 37 heavy (non-hydrogen) atoms. The van der Waals surface area contributed by atoms with Crippen LogP contribution in [0.15, 0.2) is 49.3 Å². The summed E-state index contributed by atoms with van der Waals surface area (Å²) >= 11 is 0. The number of methoxy groups -OCH3 is 1. The van der Waals surface area contributed by atoms with Gasteiger partial charge < -0.3 is 25.2 Å². The number of fused-ring (bicyclic) bond motifs is 1. The van der Waals surface area contributed by atoms with E-state index in [0.717, 1.165) is 41.2 Å². The Morgan fingerprint density at radius 2 is 1.95 bits per heavy atom. The lowest BCUT2D eigenvalue weighted by atomic mass is 10.2. The first-order valence-electron chi connectivity index (χ1n) is 11.8. The van der Waals surface area contributed by atoms with Crippen LogP contribution in [-0.4, -0.2) is 76.5 Å². The number of hydrogen-bond donors (Lipinski definition) is 2. The Morgan fingerprint density at radius 3 is 2.59 bits per heavy atom. The van der Waals surface area contributed by atoms with Gasteiger partial charge in [-0.2, -0.15) is 5.10 Å². The van der Waals surface area contributed by atoms with E-state index < -0.39 is 0 Å². The normalized spacial score (nSPS) is 11.1. The molecule has 194 valence electrons. The Balaban J connectivity index is 1.73. The van der Waals surface area contributed by atoms with Gasteiger partial charge >= 0.3 is 0 Å². The SMILES string of the molecule is C=CC(=O)Nc1cc(Nc2ncc3ccc(-c4cn(C)nc4C)n3n2)c(OC)cc1N(C)CCN(C)C. The van der Waals surface area contributed by atoms with Crippen LogP contribution in [0, 0.1) is 6.92 Å². The highest BCUT2D eigenvalue weighted by Gasteiger charge is 2.17. The van der Waals surface area contributed by atoms with Gasteiger partial charge in [-0.15, -0.1) is 5.10 Å². The topological polar surface area (TPSA) is 105 Å². The lowest BCUT2D eigenvalue weighted by molar-refractivity contribution is -0.111. The Kier molecular flexibility index (Phi) is 7.44. The number of nitrogens with zero attached hydrogens (tertiary/aromatic N) is 7. The first kappa shape index (κ1) is 25.7. The Hall–Kier alpha value is -4.38. The summed E-state index contributed by atoms with van der Waals surface area (Å²) in [6.45, 7) is 7.14. The Bertz CT molecular complexity index is 1440. The Morgan fingerprint density at radius 1 is 1.16 bits per heavy atom. The molecular formula is C26H33N9O2. The molecule has 11 nitrogen and oxygen atoms in total. The molecule has 0 radical (unpaired) electrons. The molecule has 11 heteroatoms. The predicted molar refractivity (Wildman–Crippen MR) is 147 cm³/mol. The summed E-state index contributed by atoms with van der Waals surface area (Å²) in [6, 6.07) is 7.67. The van der Waals surface area contributed by atoms with E-state index in [1.54, 1.807) is 18.0 Å². The van der Waals surface area contributed by atoms with E-state index >= 15 is 0 Å². The zero-order valence-electron chi connectivity index (χ0n) is 22.1. The molecule has 2 N–H and O–H groups in total. The van der Waals surface area contributed by atoms with Crippen LogP contribution in [0.1, 0.15) is 5.69 Å². The highest BCUT2D eigenvalue weighted by molar-refractivity contribution is 6.02. The summed E-state index contributed by atoms with van der Waals surface area (Å²) in [5.74, 6) is 0.655. The van der Waals surface area contributed by atoms with Gasteiger partial charge in [-0.25, -0.2) is 9.50 Å². The number of carbonyl (C=O) groups is 1. The summed E-state index contributed by atoms with van der Waals surface area (Å²) in [5.41, 5.74) is 5.71. The monoisotopic (exact) mass is 503 g/mol. The third-order valence-electron chi connectivity index (χ3n) is 5.99. The Labute approximate surface area is 216 Å².